The van der Waals surface area contributed by atoms with Gasteiger partial charge in [0.25, 0.3) is 5.89 Å². The van der Waals surface area contributed by atoms with E-state index in [-0.39, 0.29) is 18.1 Å². The zero-order chi connectivity index (χ0) is 17.1. The average Bonchev–Trinajstić information content (AvgIpc) is 3.04. The van der Waals surface area contributed by atoms with E-state index in [1.807, 2.05) is 0 Å². The lowest BCUT2D eigenvalue weighted by atomic mass is 10.2. The second-order valence-electron chi connectivity index (χ2n) is 4.82. The fourth-order valence-electron chi connectivity index (χ4n) is 1.93. The molecule has 0 aliphatic rings. The summed E-state index contributed by atoms with van der Waals surface area (Å²) >= 11 is 9.11. The average molecular weight is 409 g/mol. The summed E-state index contributed by atoms with van der Waals surface area (Å²) in [5.41, 5.74) is 7.09. The minimum Gasteiger partial charge on any atom is -0.452 e. The minimum atomic E-state index is -0.569. The van der Waals surface area contributed by atoms with Crippen LogP contribution in [0.15, 0.2) is 51.4 Å². The summed E-state index contributed by atoms with van der Waals surface area (Å²) in [6.45, 7) is -0.147. The van der Waals surface area contributed by atoms with Crippen LogP contribution in [0.3, 0.4) is 0 Å². The number of anilines is 1. The molecular formula is C16H11BrClN3O3. The Labute approximate surface area is 150 Å². The van der Waals surface area contributed by atoms with Crippen LogP contribution in [0.2, 0.25) is 5.02 Å². The molecule has 0 amide bonds. The van der Waals surface area contributed by atoms with Crippen molar-refractivity contribution in [1.29, 1.82) is 0 Å². The van der Waals surface area contributed by atoms with Gasteiger partial charge in [-0.1, -0.05) is 27.5 Å². The van der Waals surface area contributed by atoms with E-state index in [1.165, 1.54) is 0 Å². The van der Waals surface area contributed by atoms with Gasteiger partial charge in [-0.2, -0.15) is 0 Å². The number of nitrogens with zero attached hydrogens (tertiary/aromatic N) is 2. The van der Waals surface area contributed by atoms with E-state index in [4.69, 9.17) is 26.5 Å². The summed E-state index contributed by atoms with van der Waals surface area (Å²) in [7, 11) is 0. The molecule has 0 radical (unpaired) electrons. The molecule has 24 heavy (non-hydrogen) atoms. The van der Waals surface area contributed by atoms with Gasteiger partial charge in [-0.05, 0) is 42.5 Å². The maximum atomic E-state index is 12.1. The number of hydrogen-bond donors (Lipinski definition) is 1. The third-order valence-corrected chi connectivity index (χ3v) is 3.87. The lowest BCUT2D eigenvalue weighted by Crippen LogP contribution is -2.08. The van der Waals surface area contributed by atoms with Crippen LogP contribution in [-0.2, 0) is 11.3 Å². The number of benzene rings is 2. The molecule has 1 heterocycles. The van der Waals surface area contributed by atoms with Crippen molar-refractivity contribution in [3.05, 3.63) is 63.4 Å². The highest BCUT2D eigenvalue weighted by Crippen LogP contribution is 2.22. The van der Waals surface area contributed by atoms with Crippen molar-refractivity contribution >= 4 is 39.2 Å². The van der Waals surface area contributed by atoms with E-state index in [2.05, 4.69) is 26.1 Å². The van der Waals surface area contributed by atoms with E-state index in [1.54, 1.807) is 42.5 Å². The molecule has 2 N–H and O–H groups in total. The predicted octanol–water partition coefficient (Wildman–Crippen LogP) is 4.09. The molecule has 8 heteroatoms. The zero-order valence-corrected chi connectivity index (χ0v) is 14.5. The molecular weight excluding hydrogens is 398 g/mol. The maximum absolute atomic E-state index is 12.1. The van der Waals surface area contributed by atoms with Crippen LogP contribution in [-0.4, -0.2) is 16.2 Å². The van der Waals surface area contributed by atoms with E-state index >= 15 is 0 Å². The topological polar surface area (TPSA) is 91.2 Å². The lowest BCUT2D eigenvalue weighted by molar-refractivity contribution is 0.0440. The number of nitrogens with two attached hydrogens (primary N) is 1. The standard InChI is InChI=1S/C16H11BrClN3O3/c17-10-3-6-13(19)12(7-10)16(22)23-8-14-20-21-15(24-14)9-1-4-11(18)5-2-9/h1-7H,8,19H2. The summed E-state index contributed by atoms with van der Waals surface area (Å²) in [6.07, 6.45) is 0. The van der Waals surface area contributed by atoms with Crippen molar-refractivity contribution in [1.82, 2.24) is 10.2 Å². The van der Waals surface area contributed by atoms with Gasteiger partial charge in [-0.25, -0.2) is 4.79 Å². The number of carbonyl (C=O) groups is 1. The van der Waals surface area contributed by atoms with E-state index in [0.29, 0.717) is 16.6 Å². The quantitative estimate of drug-likeness (QED) is 0.516. The number of aromatic nitrogens is 2. The van der Waals surface area contributed by atoms with Crippen molar-refractivity contribution < 1.29 is 13.9 Å². The fourth-order valence-corrected chi connectivity index (χ4v) is 2.42. The first-order chi connectivity index (χ1) is 11.5. The highest BCUT2D eigenvalue weighted by molar-refractivity contribution is 9.10. The number of esters is 1. The maximum Gasteiger partial charge on any atom is 0.340 e. The molecule has 0 aliphatic carbocycles. The van der Waals surface area contributed by atoms with Crippen molar-refractivity contribution in [2.45, 2.75) is 6.61 Å². The Kier molecular flexibility index (Phi) is 4.82. The van der Waals surface area contributed by atoms with Gasteiger partial charge in [0.2, 0.25) is 5.89 Å². The Morgan fingerprint density at radius 3 is 2.71 bits per heavy atom. The first kappa shape index (κ1) is 16.5. The molecule has 0 unspecified atom stereocenters. The highest BCUT2D eigenvalue weighted by atomic mass is 79.9. The molecule has 0 bridgehead atoms. The molecule has 0 saturated carbocycles. The number of halogens is 2. The first-order valence-electron chi connectivity index (χ1n) is 6.83. The Morgan fingerprint density at radius 2 is 1.96 bits per heavy atom. The third kappa shape index (κ3) is 3.74. The van der Waals surface area contributed by atoms with Gasteiger partial charge in [-0.3, -0.25) is 0 Å². The van der Waals surface area contributed by atoms with Gasteiger partial charge < -0.3 is 14.9 Å². The third-order valence-electron chi connectivity index (χ3n) is 3.12. The van der Waals surface area contributed by atoms with Crippen LogP contribution in [0.4, 0.5) is 5.69 Å². The van der Waals surface area contributed by atoms with E-state index < -0.39 is 5.97 Å². The number of rotatable bonds is 4. The van der Waals surface area contributed by atoms with Gasteiger partial charge in [-0.15, -0.1) is 10.2 Å². The summed E-state index contributed by atoms with van der Waals surface area (Å²) < 4.78 is 11.4. The van der Waals surface area contributed by atoms with Gasteiger partial charge in [0.05, 0.1) is 5.56 Å². The summed E-state index contributed by atoms with van der Waals surface area (Å²) in [5.74, 6) is -0.0680. The summed E-state index contributed by atoms with van der Waals surface area (Å²) in [6, 6.07) is 11.9. The number of ether oxygens (including phenoxy) is 1. The van der Waals surface area contributed by atoms with Crippen LogP contribution in [0, 0.1) is 0 Å². The molecule has 6 nitrogen and oxygen atoms in total. The first-order valence-corrected chi connectivity index (χ1v) is 8.00. The Morgan fingerprint density at radius 1 is 1.21 bits per heavy atom. The second kappa shape index (κ2) is 7.02. The van der Waals surface area contributed by atoms with Gasteiger partial charge >= 0.3 is 5.97 Å². The smallest absolute Gasteiger partial charge is 0.340 e. The Balaban J connectivity index is 1.68. The molecule has 3 aromatic rings. The van der Waals surface area contributed by atoms with Crippen molar-refractivity contribution in [2.24, 2.45) is 0 Å². The molecule has 0 aliphatic heterocycles. The van der Waals surface area contributed by atoms with Crippen LogP contribution >= 0.6 is 27.5 Å². The van der Waals surface area contributed by atoms with Crippen LogP contribution in [0.1, 0.15) is 16.2 Å². The Bertz CT molecular complexity index is 881. The van der Waals surface area contributed by atoms with Gasteiger partial charge in [0.15, 0.2) is 6.61 Å². The minimum absolute atomic E-state index is 0.147. The summed E-state index contributed by atoms with van der Waals surface area (Å²) in [4.78, 5) is 12.1. The molecule has 1 aromatic heterocycles. The van der Waals surface area contributed by atoms with Gasteiger partial charge in [0.1, 0.15) is 0 Å². The second-order valence-corrected chi connectivity index (χ2v) is 6.17. The van der Waals surface area contributed by atoms with Crippen LogP contribution in [0.25, 0.3) is 11.5 Å². The Hall–Kier alpha value is -2.38. The number of nitrogen functional groups attached to an aromatic ring is 1. The zero-order valence-electron chi connectivity index (χ0n) is 12.2. The monoisotopic (exact) mass is 407 g/mol. The molecule has 0 atom stereocenters. The van der Waals surface area contributed by atoms with Crippen LogP contribution < -0.4 is 5.73 Å². The lowest BCUT2D eigenvalue weighted by Gasteiger charge is -2.05. The number of hydrogen-bond acceptors (Lipinski definition) is 6. The molecule has 122 valence electrons. The molecule has 0 spiro atoms. The summed E-state index contributed by atoms with van der Waals surface area (Å²) in [5, 5.41) is 8.38. The molecule has 0 saturated heterocycles. The predicted molar refractivity (Wildman–Crippen MR) is 92.4 cm³/mol. The molecule has 0 fully saturated rings. The highest BCUT2D eigenvalue weighted by Gasteiger charge is 2.15. The van der Waals surface area contributed by atoms with E-state index in [9.17, 15) is 4.79 Å². The molecule has 3 rings (SSSR count). The van der Waals surface area contributed by atoms with Crippen molar-refractivity contribution in [3.8, 4) is 11.5 Å². The van der Waals surface area contributed by atoms with Crippen LogP contribution in [0.5, 0.6) is 0 Å². The fraction of sp³-hybridized carbons (Fsp3) is 0.0625. The number of carbonyl (C=O) groups excluding carboxylic acids is 1. The van der Waals surface area contributed by atoms with Crippen molar-refractivity contribution in [3.63, 3.8) is 0 Å². The molecule has 2 aromatic carbocycles. The van der Waals surface area contributed by atoms with E-state index in [0.717, 1.165) is 10.0 Å². The van der Waals surface area contributed by atoms with Crippen molar-refractivity contribution in [2.75, 3.05) is 5.73 Å². The largest absolute Gasteiger partial charge is 0.452 e. The SMILES string of the molecule is Nc1ccc(Br)cc1C(=O)OCc1nnc(-c2ccc(Cl)cc2)o1. The van der Waals surface area contributed by atoms with Gasteiger partial charge in [0, 0.05) is 20.7 Å². The normalized spacial score (nSPS) is 10.6.